The molecular weight excluding hydrogens is 587 g/mol. The fourth-order valence-corrected chi connectivity index (χ4v) is 6.70. The molecule has 0 bridgehead atoms. The van der Waals surface area contributed by atoms with Crippen LogP contribution in [0.15, 0.2) is 67.0 Å². The van der Waals surface area contributed by atoms with E-state index in [4.69, 9.17) is 35.9 Å². The lowest BCUT2D eigenvalue weighted by Crippen LogP contribution is -2.37. The van der Waals surface area contributed by atoms with Crippen LogP contribution in [0.4, 0.5) is 5.82 Å². The molecule has 7 atom stereocenters. The number of benzene rings is 2. The molecule has 4 N–H and O–H groups in total. The van der Waals surface area contributed by atoms with Gasteiger partial charge >= 0.3 is 13.7 Å². The number of hydrogen-bond acceptors (Lipinski definition) is 11. The molecule has 2 aliphatic rings. The standard InChI is InChI=1S/C27H28ClN6O7P/c1-15(26(36)38-12-16-8-4-2-5-9-16)33-42(37,41-17-10-6-3-7-11-17)39-13-18-22(35)19-21(23(19)40-18)34-14-30-20-24(29)31-27(28)32-25(20)34/h2-11,14-15,18-19,21-23,35H,12-13H2,1H3,(H,33,37)(H2,29,31,32)/t15-,18?,19?,21?,22?,23?,42?/m0/s1. The molecule has 2 fully saturated rings. The summed E-state index contributed by atoms with van der Waals surface area (Å²) in [5, 5.41) is 13.7. The van der Waals surface area contributed by atoms with Crippen molar-refractivity contribution in [2.75, 3.05) is 12.3 Å². The molecule has 0 radical (unpaired) electrons. The van der Waals surface area contributed by atoms with E-state index in [0.717, 1.165) is 5.56 Å². The second-order valence-electron chi connectivity index (χ2n) is 10.0. The van der Waals surface area contributed by atoms with E-state index in [-0.39, 0.29) is 48.1 Å². The summed E-state index contributed by atoms with van der Waals surface area (Å²) < 4.78 is 38.4. The number of aromatic nitrogens is 4. The summed E-state index contributed by atoms with van der Waals surface area (Å²) in [6.45, 7) is 1.28. The number of aliphatic hydroxyl groups is 1. The minimum atomic E-state index is -4.14. The Morgan fingerprint density at radius 1 is 1.19 bits per heavy atom. The highest BCUT2D eigenvalue weighted by atomic mass is 35.5. The summed E-state index contributed by atoms with van der Waals surface area (Å²) in [4.78, 5) is 25.1. The number of rotatable bonds is 11. The number of ether oxygens (including phenoxy) is 2. The average molecular weight is 615 g/mol. The molecule has 1 aliphatic heterocycles. The maximum atomic E-state index is 13.8. The van der Waals surface area contributed by atoms with Crippen LogP contribution in [0.3, 0.4) is 0 Å². The van der Waals surface area contributed by atoms with Crippen molar-refractivity contribution in [3.63, 3.8) is 0 Å². The lowest BCUT2D eigenvalue weighted by molar-refractivity contribution is -0.146. The Morgan fingerprint density at radius 2 is 1.90 bits per heavy atom. The van der Waals surface area contributed by atoms with Gasteiger partial charge in [-0.25, -0.2) is 9.55 Å². The topological polar surface area (TPSA) is 173 Å². The van der Waals surface area contributed by atoms with Crippen molar-refractivity contribution in [2.24, 2.45) is 5.92 Å². The van der Waals surface area contributed by atoms with Crippen LogP contribution in [0, 0.1) is 5.92 Å². The third-order valence-electron chi connectivity index (χ3n) is 7.13. The number of nitrogen functional groups attached to an aromatic ring is 1. The van der Waals surface area contributed by atoms with Gasteiger partial charge in [0.2, 0.25) is 5.28 Å². The van der Waals surface area contributed by atoms with Gasteiger partial charge in [0.05, 0.1) is 31.2 Å². The highest BCUT2D eigenvalue weighted by molar-refractivity contribution is 7.52. The van der Waals surface area contributed by atoms with Crippen LogP contribution < -0.4 is 15.3 Å². The fraction of sp³-hybridized carbons (Fsp3) is 0.333. The summed E-state index contributed by atoms with van der Waals surface area (Å²) in [5.41, 5.74) is 7.56. The van der Waals surface area contributed by atoms with Gasteiger partial charge in [0.25, 0.3) is 0 Å². The van der Waals surface area contributed by atoms with Gasteiger partial charge in [-0.3, -0.25) is 9.32 Å². The molecule has 220 valence electrons. The van der Waals surface area contributed by atoms with Gasteiger partial charge in [0.15, 0.2) is 11.5 Å². The molecule has 2 aromatic carbocycles. The molecule has 1 saturated heterocycles. The van der Waals surface area contributed by atoms with Crippen LogP contribution in [0.2, 0.25) is 5.28 Å². The van der Waals surface area contributed by atoms with Crippen molar-refractivity contribution in [1.82, 2.24) is 24.6 Å². The highest BCUT2D eigenvalue weighted by Crippen LogP contribution is 2.56. The number of nitrogens with two attached hydrogens (primary N) is 1. The van der Waals surface area contributed by atoms with Crippen molar-refractivity contribution >= 4 is 42.3 Å². The quantitative estimate of drug-likeness (QED) is 0.128. The van der Waals surface area contributed by atoms with E-state index in [1.165, 1.54) is 6.92 Å². The Bertz CT molecular complexity index is 1630. The van der Waals surface area contributed by atoms with E-state index in [1.807, 2.05) is 30.3 Å². The number of carbonyl (C=O) groups is 1. The molecule has 15 heteroatoms. The summed E-state index contributed by atoms with van der Waals surface area (Å²) in [5.74, 6) is -0.513. The Morgan fingerprint density at radius 3 is 2.60 bits per heavy atom. The van der Waals surface area contributed by atoms with E-state index in [1.54, 1.807) is 41.2 Å². The van der Waals surface area contributed by atoms with Crippen LogP contribution in [0.5, 0.6) is 5.75 Å². The number of halogens is 1. The second kappa shape index (κ2) is 11.6. The summed E-state index contributed by atoms with van der Waals surface area (Å²) in [7, 11) is -4.14. The van der Waals surface area contributed by atoms with E-state index in [9.17, 15) is 14.5 Å². The Labute approximate surface area is 245 Å². The SMILES string of the molecule is C[C@H](NP(=O)(OCC1OC2C(C1O)C2n1cnc2c(N)nc(Cl)nc21)Oc1ccccc1)C(=O)OCc1ccccc1. The molecule has 0 spiro atoms. The fourth-order valence-electron chi connectivity index (χ4n) is 5.02. The van der Waals surface area contributed by atoms with Crippen LogP contribution in [0.25, 0.3) is 11.2 Å². The number of fused-ring (bicyclic) bond motifs is 2. The highest BCUT2D eigenvalue weighted by Gasteiger charge is 2.65. The molecule has 42 heavy (non-hydrogen) atoms. The number of anilines is 1. The van der Waals surface area contributed by atoms with E-state index < -0.39 is 32.0 Å². The summed E-state index contributed by atoms with van der Waals surface area (Å²) in [6, 6.07) is 16.3. The normalized spacial score (nSPS) is 25.0. The zero-order chi connectivity index (χ0) is 29.4. The van der Waals surface area contributed by atoms with E-state index in [0.29, 0.717) is 11.2 Å². The number of nitrogens with one attached hydrogen (secondary N) is 1. The van der Waals surface area contributed by atoms with Crippen molar-refractivity contribution in [2.45, 2.75) is 43.9 Å². The molecule has 2 aromatic heterocycles. The average Bonchev–Trinajstić information content (AvgIpc) is 3.34. The van der Waals surface area contributed by atoms with Gasteiger partial charge in [-0.05, 0) is 36.2 Å². The minimum Gasteiger partial charge on any atom is -0.460 e. The smallest absolute Gasteiger partial charge is 0.459 e. The molecule has 1 aliphatic carbocycles. The van der Waals surface area contributed by atoms with Crippen molar-refractivity contribution < 1.29 is 33.0 Å². The number of imidazole rings is 1. The maximum absolute atomic E-state index is 13.8. The molecular formula is C27H28ClN6O7P. The number of carbonyl (C=O) groups excluding carboxylic acids is 1. The number of hydrogen-bond donors (Lipinski definition) is 3. The zero-order valence-corrected chi connectivity index (χ0v) is 24.0. The first-order chi connectivity index (χ1) is 20.2. The maximum Gasteiger partial charge on any atom is 0.459 e. The zero-order valence-electron chi connectivity index (χ0n) is 22.3. The number of para-hydroxylation sites is 1. The second-order valence-corrected chi connectivity index (χ2v) is 12.1. The third-order valence-corrected chi connectivity index (χ3v) is 8.94. The molecule has 3 heterocycles. The van der Waals surface area contributed by atoms with Gasteiger partial charge in [-0.1, -0.05) is 48.5 Å². The summed E-state index contributed by atoms with van der Waals surface area (Å²) >= 11 is 5.98. The van der Waals surface area contributed by atoms with Crippen LogP contribution in [-0.2, 0) is 30.0 Å². The predicted molar refractivity (Wildman–Crippen MR) is 151 cm³/mol. The van der Waals surface area contributed by atoms with Crippen LogP contribution >= 0.6 is 19.3 Å². The Balaban J connectivity index is 1.10. The van der Waals surface area contributed by atoms with Crippen molar-refractivity contribution in [3.05, 3.63) is 77.8 Å². The van der Waals surface area contributed by atoms with Gasteiger partial charge in [-0.15, -0.1) is 0 Å². The van der Waals surface area contributed by atoms with Crippen molar-refractivity contribution in [1.29, 1.82) is 0 Å². The van der Waals surface area contributed by atoms with Gasteiger partial charge < -0.3 is 29.4 Å². The number of aliphatic hydroxyl groups excluding tert-OH is 1. The third kappa shape index (κ3) is 5.84. The van der Waals surface area contributed by atoms with Crippen molar-refractivity contribution in [3.8, 4) is 5.75 Å². The first-order valence-corrected chi connectivity index (χ1v) is 15.1. The molecule has 0 amide bonds. The first-order valence-electron chi connectivity index (χ1n) is 13.2. The Hall–Kier alpha value is -3.58. The summed E-state index contributed by atoms with van der Waals surface area (Å²) in [6.07, 6.45) is -0.564. The van der Waals surface area contributed by atoms with Gasteiger partial charge in [0.1, 0.15) is 30.0 Å². The lowest BCUT2D eigenvalue weighted by atomic mass is 10.1. The molecule has 4 aromatic rings. The van der Waals surface area contributed by atoms with Gasteiger partial charge in [0, 0.05) is 5.92 Å². The monoisotopic (exact) mass is 614 g/mol. The molecule has 13 nitrogen and oxygen atoms in total. The Kier molecular flexibility index (Phi) is 7.88. The first kappa shape index (κ1) is 28.5. The number of nitrogens with zero attached hydrogens (tertiary/aromatic N) is 4. The van der Waals surface area contributed by atoms with E-state index >= 15 is 0 Å². The van der Waals surface area contributed by atoms with E-state index in [2.05, 4.69) is 20.0 Å². The molecule has 1 saturated carbocycles. The number of esters is 1. The largest absolute Gasteiger partial charge is 0.460 e. The molecule has 6 unspecified atom stereocenters. The predicted octanol–water partition coefficient (Wildman–Crippen LogP) is 3.29. The van der Waals surface area contributed by atoms with Gasteiger partial charge in [-0.2, -0.15) is 15.1 Å². The lowest BCUT2D eigenvalue weighted by Gasteiger charge is -2.26. The van der Waals surface area contributed by atoms with Crippen LogP contribution in [-0.4, -0.2) is 61.6 Å². The molecule has 6 rings (SSSR count). The minimum absolute atomic E-state index is 0.0138. The van der Waals surface area contributed by atoms with Crippen LogP contribution in [0.1, 0.15) is 18.5 Å².